The molecule has 0 fully saturated rings. The lowest BCUT2D eigenvalue weighted by molar-refractivity contribution is 0.0731. The minimum atomic E-state index is -0.937. The molecule has 2 aromatic rings. The Hall–Kier alpha value is -2.60. The van der Waals surface area contributed by atoms with E-state index in [-0.39, 0.29) is 12.5 Å². The molecule has 0 radical (unpaired) electrons. The Morgan fingerprint density at radius 2 is 1.68 bits per heavy atom. The van der Waals surface area contributed by atoms with Gasteiger partial charge < -0.3 is 9.80 Å². The van der Waals surface area contributed by atoms with Crippen LogP contribution in [-0.4, -0.2) is 49.2 Å². The number of likely N-dealkylation sites (N-methyl/N-ethyl adjacent to an activating group) is 1. The van der Waals surface area contributed by atoms with E-state index in [9.17, 15) is 18.4 Å². The molecule has 0 heterocycles. The van der Waals surface area contributed by atoms with Crippen LogP contribution in [-0.2, 0) is 6.54 Å². The van der Waals surface area contributed by atoms with Crippen molar-refractivity contribution in [2.24, 2.45) is 0 Å². The molecule has 0 aliphatic rings. The molecule has 0 aliphatic carbocycles. The van der Waals surface area contributed by atoms with Gasteiger partial charge in [-0.1, -0.05) is 18.2 Å². The van der Waals surface area contributed by atoms with Crippen molar-refractivity contribution in [3.63, 3.8) is 0 Å². The average Bonchev–Trinajstić information content (AvgIpc) is 2.61. The summed E-state index contributed by atoms with van der Waals surface area (Å²) in [5.74, 6) is -2.09. The fourth-order valence-corrected chi connectivity index (χ4v) is 2.32. The summed E-state index contributed by atoms with van der Waals surface area (Å²) in [6.07, 6.45) is 0.708. The van der Waals surface area contributed by atoms with Crippen LogP contribution in [0.2, 0.25) is 0 Å². The summed E-state index contributed by atoms with van der Waals surface area (Å²) in [5.41, 5.74) is 1.43. The van der Waals surface area contributed by atoms with Gasteiger partial charge in [-0.05, 0) is 43.9 Å². The standard InChI is InChI=1S/C19H20F2N2O2/c1-22(2)9-10-23(12-15-5-8-17(20)18(21)11-15)19(25)16-6-3-14(13-24)4-7-16/h3-8,11,13H,9-10,12H2,1-2H3. The number of nitrogens with zero attached hydrogens (tertiary/aromatic N) is 2. The van der Waals surface area contributed by atoms with Gasteiger partial charge in [-0.2, -0.15) is 0 Å². The molecule has 0 saturated heterocycles. The Kier molecular flexibility index (Phi) is 6.36. The van der Waals surface area contributed by atoms with E-state index in [1.165, 1.54) is 6.07 Å². The molecule has 0 unspecified atom stereocenters. The number of rotatable bonds is 7. The molecule has 0 aliphatic heterocycles. The van der Waals surface area contributed by atoms with E-state index in [1.807, 2.05) is 19.0 Å². The van der Waals surface area contributed by atoms with Crippen molar-refractivity contribution < 1.29 is 18.4 Å². The molecule has 0 spiro atoms. The third-order valence-electron chi connectivity index (χ3n) is 3.76. The van der Waals surface area contributed by atoms with Gasteiger partial charge in [-0.3, -0.25) is 9.59 Å². The van der Waals surface area contributed by atoms with Crippen molar-refractivity contribution in [1.29, 1.82) is 0 Å². The highest BCUT2D eigenvalue weighted by Crippen LogP contribution is 2.14. The zero-order chi connectivity index (χ0) is 18.4. The number of carbonyl (C=O) groups excluding carboxylic acids is 2. The van der Waals surface area contributed by atoms with Crippen LogP contribution in [0.25, 0.3) is 0 Å². The maximum Gasteiger partial charge on any atom is 0.254 e. The van der Waals surface area contributed by atoms with Crippen molar-refractivity contribution in [2.45, 2.75) is 6.54 Å². The van der Waals surface area contributed by atoms with Crippen LogP contribution in [0.5, 0.6) is 0 Å². The summed E-state index contributed by atoms with van der Waals surface area (Å²) >= 11 is 0. The first kappa shape index (κ1) is 18.7. The number of aldehydes is 1. The fraction of sp³-hybridized carbons (Fsp3) is 0.263. The maximum atomic E-state index is 13.4. The van der Waals surface area contributed by atoms with Crippen LogP contribution in [0.1, 0.15) is 26.3 Å². The SMILES string of the molecule is CN(C)CCN(Cc1ccc(F)c(F)c1)C(=O)c1ccc(C=O)cc1. The zero-order valence-electron chi connectivity index (χ0n) is 14.2. The lowest BCUT2D eigenvalue weighted by atomic mass is 10.1. The van der Waals surface area contributed by atoms with E-state index < -0.39 is 11.6 Å². The first-order chi connectivity index (χ1) is 11.9. The molecule has 6 heteroatoms. The average molecular weight is 346 g/mol. The van der Waals surface area contributed by atoms with Crippen LogP contribution in [0.3, 0.4) is 0 Å². The molecular formula is C19H20F2N2O2. The number of benzene rings is 2. The zero-order valence-corrected chi connectivity index (χ0v) is 14.2. The predicted molar refractivity (Wildman–Crippen MR) is 91.5 cm³/mol. The molecule has 4 nitrogen and oxygen atoms in total. The van der Waals surface area contributed by atoms with Crippen LogP contribution >= 0.6 is 0 Å². The largest absolute Gasteiger partial charge is 0.333 e. The van der Waals surface area contributed by atoms with Crippen LogP contribution in [0.4, 0.5) is 8.78 Å². The molecule has 2 rings (SSSR count). The lowest BCUT2D eigenvalue weighted by Crippen LogP contribution is -2.36. The Balaban J connectivity index is 2.22. The van der Waals surface area contributed by atoms with Gasteiger partial charge in [-0.25, -0.2) is 8.78 Å². The Labute approximate surface area is 145 Å². The van der Waals surface area contributed by atoms with Gasteiger partial charge in [0.15, 0.2) is 11.6 Å². The van der Waals surface area contributed by atoms with E-state index in [1.54, 1.807) is 29.2 Å². The van der Waals surface area contributed by atoms with E-state index in [0.717, 1.165) is 12.1 Å². The van der Waals surface area contributed by atoms with Gasteiger partial charge in [0, 0.05) is 30.8 Å². The normalized spacial score (nSPS) is 10.8. The summed E-state index contributed by atoms with van der Waals surface area (Å²) < 4.78 is 26.5. The molecule has 0 aromatic heterocycles. The van der Waals surface area contributed by atoms with E-state index >= 15 is 0 Å². The highest BCUT2D eigenvalue weighted by Gasteiger charge is 2.17. The second-order valence-electron chi connectivity index (χ2n) is 6.02. The number of hydrogen-bond donors (Lipinski definition) is 0. The van der Waals surface area contributed by atoms with Gasteiger partial charge >= 0.3 is 0 Å². The smallest absolute Gasteiger partial charge is 0.254 e. The van der Waals surface area contributed by atoms with E-state index in [2.05, 4.69) is 0 Å². The molecule has 0 N–H and O–H groups in total. The third-order valence-corrected chi connectivity index (χ3v) is 3.76. The third kappa shape index (κ3) is 5.19. The molecule has 0 saturated carbocycles. The highest BCUT2D eigenvalue weighted by molar-refractivity contribution is 5.94. The van der Waals surface area contributed by atoms with Gasteiger partial charge in [0.2, 0.25) is 0 Å². The molecule has 25 heavy (non-hydrogen) atoms. The van der Waals surface area contributed by atoms with Crippen molar-refractivity contribution in [1.82, 2.24) is 9.80 Å². The Morgan fingerprint density at radius 3 is 2.24 bits per heavy atom. The highest BCUT2D eigenvalue weighted by atomic mass is 19.2. The van der Waals surface area contributed by atoms with Crippen molar-refractivity contribution in [3.8, 4) is 0 Å². The summed E-state index contributed by atoms with van der Waals surface area (Å²) in [5, 5.41) is 0. The van der Waals surface area contributed by atoms with Gasteiger partial charge in [-0.15, -0.1) is 0 Å². The maximum absolute atomic E-state index is 13.4. The summed E-state index contributed by atoms with van der Waals surface area (Å²) in [6.45, 7) is 1.22. The van der Waals surface area contributed by atoms with Gasteiger partial charge in [0.1, 0.15) is 6.29 Å². The number of hydrogen-bond acceptors (Lipinski definition) is 3. The quantitative estimate of drug-likeness (QED) is 0.724. The summed E-state index contributed by atoms with van der Waals surface area (Å²) in [4.78, 5) is 27.0. The molecular weight excluding hydrogens is 326 g/mol. The van der Waals surface area contributed by atoms with E-state index in [4.69, 9.17) is 0 Å². The molecule has 132 valence electrons. The van der Waals surface area contributed by atoms with Gasteiger partial charge in [0.25, 0.3) is 5.91 Å². The molecule has 2 aromatic carbocycles. The topological polar surface area (TPSA) is 40.6 Å². The first-order valence-electron chi connectivity index (χ1n) is 7.84. The minimum Gasteiger partial charge on any atom is -0.333 e. The first-order valence-corrected chi connectivity index (χ1v) is 7.84. The number of carbonyl (C=O) groups is 2. The second kappa shape index (κ2) is 8.48. The van der Waals surface area contributed by atoms with Crippen LogP contribution in [0.15, 0.2) is 42.5 Å². The van der Waals surface area contributed by atoms with Crippen molar-refractivity contribution in [2.75, 3.05) is 27.2 Å². The van der Waals surface area contributed by atoms with Crippen LogP contribution in [0, 0.1) is 11.6 Å². The lowest BCUT2D eigenvalue weighted by Gasteiger charge is -2.25. The Morgan fingerprint density at radius 1 is 1.00 bits per heavy atom. The molecule has 0 atom stereocenters. The Bertz CT molecular complexity index is 746. The summed E-state index contributed by atoms with van der Waals surface area (Å²) in [6, 6.07) is 9.92. The summed E-state index contributed by atoms with van der Waals surface area (Å²) in [7, 11) is 3.78. The molecule has 0 bridgehead atoms. The van der Waals surface area contributed by atoms with Crippen molar-refractivity contribution >= 4 is 12.2 Å². The number of halogens is 2. The fourth-order valence-electron chi connectivity index (χ4n) is 2.32. The monoisotopic (exact) mass is 346 g/mol. The van der Waals surface area contributed by atoms with Crippen molar-refractivity contribution in [3.05, 3.63) is 70.8 Å². The molecule has 1 amide bonds. The second-order valence-corrected chi connectivity index (χ2v) is 6.02. The minimum absolute atomic E-state index is 0.166. The predicted octanol–water partition coefficient (Wildman–Crippen LogP) is 2.98. The van der Waals surface area contributed by atoms with E-state index in [0.29, 0.717) is 36.1 Å². The van der Waals surface area contributed by atoms with Crippen LogP contribution < -0.4 is 0 Å². The van der Waals surface area contributed by atoms with Gasteiger partial charge in [0.05, 0.1) is 0 Å². The number of amides is 1.